The second-order valence-corrected chi connectivity index (χ2v) is 6.73. The van der Waals surface area contributed by atoms with Gasteiger partial charge in [-0.15, -0.1) is 35.3 Å². The van der Waals surface area contributed by atoms with Gasteiger partial charge >= 0.3 is 0 Å². The van der Waals surface area contributed by atoms with Crippen LogP contribution in [0.25, 0.3) is 0 Å². The van der Waals surface area contributed by atoms with E-state index < -0.39 is 0 Å². The standard InChI is InChI=1S/C17H24N4S.HI/c1-13-8-9-16(22-13)12-20-17(18-2)19-11-14-6-5-7-15(10-14)21(3)4;/h5-10H,11-12H2,1-4H3,(H2,18,19,20);1H. The lowest BCUT2D eigenvalue weighted by molar-refractivity contribution is 0.815. The Morgan fingerprint density at radius 1 is 1.13 bits per heavy atom. The van der Waals surface area contributed by atoms with Gasteiger partial charge in [-0.2, -0.15) is 0 Å². The molecule has 0 fully saturated rings. The number of nitrogens with one attached hydrogen (secondary N) is 2. The molecule has 2 N–H and O–H groups in total. The Balaban J connectivity index is 0.00000264. The molecular weight excluding hydrogens is 419 g/mol. The topological polar surface area (TPSA) is 39.7 Å². The third-order valence-electron chi connectivity index (χ3n) is 3.34. The predicted molar refractivity (Wildman–Crippen MR) is 112 cm³/mol. The molecule has 0 radical (unpaired) electrons. The van der Waals surface area contributed by atoms with E-state index in [1.807, 2.05) is 11.3 Å². The van der Waals surface area contributed by atoms with Crippen LogP contribution in [0, 0.1) is 6.92 Å². The largest absolute Gasteiger partial charge is 0.378 e. The first-order chi connectivity index (χ1) is 10.6. The molecule has 2 rings (SSSR count). The summed E-state index contributed by atoms with van der Waals surface area (Å²) < 4.78 is 0. The monoisotopic (exact) mass is 444 g/mol. The SMILES string of the molecule is CN=C(NCc1cccc(N(C)C)c1)NCc1ccc(C)s1.I. The number of aryl methyl sites for hydroxylation is 1. The highest BCUT2D eigenvalue weighted by Gasteiger charge is 2.02. The molecule has 0 aliphatic rings. The highest BCUT2D eigenvalue weighted by Crippen LogP contribution is 2.14. The van der Waals surface area contributed by atoms with Crippen molar-refractivity contribution in [2.75, 3.05) is 26.0 Å². The molecule has 0 saturated carbocycles. The van der Waals surface area contributed by atoms with Crippen molar-refractivity contribution in [2.24, 2.45) is 4.99 Å². The molecule has 1 aromatic heterocycles. The molecule has 0 aliphatic carbocycles. The third kappa shape index (κ3) is 6.39. The summed E-state index contributed by atoms with van der Waals surface area (Å²) >= 11 is 1.81. The lowest BCUT2D eigenvalue weighted by atomic mass is 10.2. The molecule has 0 saturated heterocycles. The Labute approximate surface area is 160 Å². The number of nitrogens with zero attached hydrogens (tertiary/aromatic N) is 2. The van der Waals surface area contributed by atoms with Crippen molar-refractivity contribution in [1.82, 2.24) is 10.6 Å². The van der Waals surface area contributed by atoms with E-state index in [4.69, 9.17) is 0 Å². The molecule has 1 heterocycles. The number of benzene rings is 1. The molecule has 0 aliphatic heterocycles. The number of rotatable bonds is 5. The summed E-state index contributed by atoms with van der Waals surface area (Å²) in [4.78, 5) is 9.03. The van der Waals surface area contributed by atoms with Crippen LogP contribution in [0.1, 0.15) is 15.3 Å². The van der Waals surface area contributed by atoms with Gasteiger partial charge in [0.05, 0.1) is 6.54 Å². The van der Waals surface area contributed by atoms with Crippen molar-refractivity contribution in [3.8, 4) is 0 Å². The van der Waals surface area contributed by atoms with Gasteiger partial charge < -0.3 is 15.5 Å². The maximum atomic E-state index is 4.27. The molecule has 4 nitrogen and oxygen atoms in total. The zero-order valence-electron chi connectivity index (χ0n) is 14.1. The highest BCUT2D eigenvalue weighted by molar-refractivity contribution is 14.0. The first-order valence-electron chi connectivity index (χ1n) is 7.34. The van der Waals surface area contributed by atoms with Crippen LogP contribution in [0.2, 0.25) is 0 Å². The van der Waals surface area contributed by atoms with E-state index in [1.54, 1.807) is 7.05 Å². The zero-order chi connectivity index (χ0) is 15.9. The van der Waals surface area contributed by atoms with Crippen LogP contribution in [0.15, 0.2) is 41.4 Å². The number of guanidine groups is 1. The summed E-state index contributed by atoms with van der Waals surface area (Å²) in [6.07, 6.45) is 0. The summed E-state index contributed by atoms with van der Waals surface area (Å²) in [5.41, 5.74) is 2.44. The Kier molecular flexibility index (Phi) is 8.40. The van der Waals surface area contributed by atoms with Gasteiger partial charge in [0.2, 0.25) is 0 Å². The number of hydrogen-bond donors (Lipinski definition) is 2. The van der Waals surface area contributed by atoms with Crippen LogP contribution in [-0.4, -0.2) is 27.1 Å². The minimum absolute atomic E-state index is 0. The van der Waals surface area contributed by atoms with E-state index >= 15 is 0 Å². The van der Waals surface area contributed by atoms with Crippen molar-refractivity contribution in [3.63, 3.8) is 0 Å². The zero-order valence-corrected chi connectivity index (χ0v) is 17.2. The molecule has 1 aromatic carbocycles. The maximum absolute atomic E-state index is 4.27. The number of aliphatic imine (C=N–C) groups is 1. The predicted octanol–water partition coefficient (Wildman–Crippen LogP) is 3.61. The molecule has 0 spiro atoms. The second kappa shape index (κ2) is 9.77. The summed E-state index contributed by atoms with van der Waals surface area (Å²) in [7, 11) is 5.90. The summed E-state index contributed by atoms with van der Waals surface area (Å²) in [5, 5.41) is 6.70. The Morgan fingerprint density at radius 3 is 2.48 bits per heavy atom. The Hall–Kier alpha value is -1.28. The normalized spacial score (nSPS) is 10.9. The van der Waals surface area contributed by atoms with Crippen molar-refractivity contribution in [2.45, 2.75) is 20.0 Å². The first-order valence-corrected chi connectivity index (χ1v) is 8.16. The van der Waals surface area contributed by atoms with Gasteiger partial charge in [-0.1, -0.05) is 12.1 Å². The Bertz CT molecular complexity index is 637. The molecule has 2 aromatic rings. The fraction of sp³-hybridized carbons (Fsp3) is 0.353. The number of halogens is 1. The molecule has 6 heteroatoms. The molecule has 0 amide bonds. The van der Waals surface area contributed by atoms with Crippen LogP contribution in [0.5, 0.6) is 0 Å². The van der Waals surface area contributed by atoms with E-state index in [1.165, 1.54) is 21.0 Å². The van der Waals surface area contributed by atoms with Crippen molar-refractivity contribution < 1.29 is 0 Å². The van der Waals surface area contributed by atoms with Crippen molar-refractivity contribution in [3.05, 3.63) is 51.7 Å². The molecule has 126 valence electrons. The van der Waals surface area contributed by atoms with E-state index in [9.17, 15) is 0 Å². The molecular formula is C17H25IN4S. The van der Waals surface area contributed by atoms with Gasteiger partial charge in [-0.05, 0) is 36.8 Å². The van der Waals surface area contributed by atoms with Gasteiger partial charge in [0.25, 0.3) is 0 Å². The average Bonchev–Trinajstić information content (AvgIpc) is 2.93. The number of anilines is 1. The van der Waals surface area contributed by atoms with Crippen molar-refractivity contribution >= 4 is 47.0 Å². The van der Waals surface area contributed by atoms with Gasteiger partial charge in [-0.3, -0.25) is 4.99 Å². The maximum Gasteiger partial charge on any atom is 0.191 e. The fourth-order valence-electron chi connectivity index (χ4n) is 2.10. The summed E-state index contributed by atoms with van der Waals surface area (Å²) in [6, 6.07) is 12.8. The minimum atomic E-state index is 0. The average molecular weight is 444 g/mol. The van der Waals surface area contributed by atoms with Gasteiger partial charge in [0.15, 0.2) is 5.96 Å². The molecule has 0 atom stereocenters. The minimum Gasteiger partial charge on any atom is -0.378 e. The third-order valence-corrected chi connectivity index (χ3v) is 4.34. The molecule has 0 unspecified atom stereocenters. The lowest BCUT2D eigenvalue weighted by Crippen LogP contribution is -2.36. The van der Waals surface area contributed by atoms with Crippen LogP contribution in [-0.2, 0) is 13.1 Å². The van der Waals surface area contributed by atoms with Crippen LogP contribution < -0.4 is 15.5 Å². The van der Waals surface area contributed by atoms with E-state index in [2.05, 4.69) is 77.9 Å². The first kappa shape index (κ1) is 19.8. The van der Waals surface area contributed by atoms with Gasteiger partial charge in [-0.25, -0.2) is 0 Å². The van der Waals surface area contributed by atoms with Crippen molar-refractivity contribution in [1.29, 1.82) is 0 Å². The number of hydrogen-bond acceptors (Lipinski definition) is 3. The lowest BCUT2D eigenvalue weighted by Gasteiger charge is -2.15. The van der Waals surface area contributed by atoms with E-state index in [-0.39, 0.29) is 24.0 Å². The summed E-state index contributed by atoms with van der Waals surface area (Å²) in [5.74, 6) is 0.821. The summed E-state index contributed by atoms with van der Waals surface area (Å²) in [6.45, 7) is 3.68. The van der Waals surface area contributed by atoms with E-state index in [0.29, 0.717) is 0 Å². The number of thiophene rings is 1. The molecule has 0 bridgehead atoms. The Morgan fingerprint density at radius 2 is 1.87 bits per heavy atom. The van der Waals surface area contributed by atoms with Gasteiger partial charge in [0, 0.05) is 43.1 Å². The molecule has 23 heavy (non-hydrogen) atoms. The van der Waals surface area contributed by atoms with Crippen LogP contribution >= 0.6 is 35.3 Å². The van der Waals surface area contributed by atoms with Gasteiger partial charge in [0.1, 0.15) is 0 Å². The quantitative estimate of drug-likeness (QED) is 0.421. The smallest absolute Gasteiger partial charge is 0.191 e. The van der Waals surface area contributed by atoms with E-state index in [0.717, 1.165) is 19.0 Å². The highest BCUT2D eigenvalue weighted by atomic mass is 127. The second-order valence-electron chi connectivity index (χ2n) is 5.36. The fourth-order valence-corrected chi connectivity index (χ4v) is 2.93. The van der Waals surface area contributed by atoms with Crippen LogP contribution in [0.3, 0.4) is 0 Å². The van der Waals surface area contributed by atoms with Crippen LogP contribution in [0.4, 0.5) is 5.69 Å².